The largest absolute Gasteiger partial charge is 0.497 e. The van der Waals surface area contributed by atoms with E-state index in [0.717, 1.165) is 37.1 Å². The quantitative estimate of drug-likeness (QED) is 0.421. The number of halogens is 3. The molecule has 1 N–H and O–H groups in total. The van der Waals surface area contributed by atoms with E-state index in [1.165, 1.54) is 13.2 Å². The number of hydrogen-bond donors (Lipinski definition) is 1. The number of alkyl halides is 3. The molecule has 0 radical (unpaired) electrons. The van der Waals surface area contributed by atoms with Crippen LogP contribution in [0.1, 0.15) is 41.3 Å². The number of unbranched alkanes of at least 4 members (excludes halogenated alkanes) is 1. The van der Waals surface area contributed by atoms with Crippen molar-refractivity contribution < 1.29 is 31.1 Å². The number of methoxy groups -OCH3 is 1. The normalized spacial score (nSPS) is 14.5. The van der Waals surface area contributed by atoms with Gasteiger partial charge in [-0.2, -0.15) is 21.6 Å². The minimum absolute atomic E-state index is 0.00189. The Morgan fingerprint density at radius 1 is 1.03 bits per heavy atom. The van der Waals surface area contributed by atoms with Crippen LogP contribution in [-0.4, -0.2) is 33.8 Å². The van der Waals surface area contributed by atoms with Gasteiger partial charge in [0.1, 0.15) is 10.6 Å². The molecule has 194 valence electrons. The summed E-state index contributed by atoms with van der Waals surface area (Å²) < 4.78 is 74.0. The summed E-state index contributed by atoms with van der Waals surface area (Å²) in [6, 6.07) is 15.1. The first kappa shape index (κ1) is 26.2. The molecule has 11 heteroatoms. The molecule has 0 atom stereocenters. The molecule has 0 saturated heterocycles. The van der Waals surface area contributed by atoms with E-state index in [1.54, 1.807) is 36.4 Å². The molecule has 3 aromatic carbocycles. The zero-order valence-electron chi connectivity index (χ0n) is 20.0. The van der Waals surface area contributed by atoms with Gasteiger partial charge >= 0.3 is 6.18 Å². The SMILES string of the molecule is CCCCN1C(c2ccc(OC)cc2)=NS(=O)(=O)c2cc(NC(=O)c3ccc(C(F)(F)F)cc3)ccc21. The summed E-state index contributed by atoms with van der Waals surface area (Å²) in [6.45, 7) is 2.53. The molecule has 1 amide bonds. The third-order valence-corrected chi connectivity index (χ3v) is 7.10. The van der Waals surface area contributed by atoms with Crippen molar-refractivity contribution >= 4 is 33.1 Å². The smallest absolute Gasteiger partial charge is 0.416 e. The van der Waals surface area contributed by atoms with Crippen LogP contribution in [-0.2, 0) is 16.2 Å². The van der Waals surface area contributed by atoms with E-state index < -0.39 is 27.7 Å². The lowest BCUT2D eigenvalue weighted by Gasteiger charge is -2.31. The lowest BCUT2D eigenvalue weighted by molar-refractivity contribution is -0.137. The highest BCUT2D eigenvalue weighted by Gasteiger charge is 2.32. The molecule has 1 heterocycles. The van der Waals surface area contributed by atoms with E-state index in [2.05, 4.69) is 9.71 Å². The number of nitrogens with zero attached hydrogens (tertiary/aromatic N) is 2. The second kappa shape index (κ2) is 10.3. The van der Waals surface area contributed by atoms with E-state index >= 15 is 0 Å². The first-order valence-corrected chi connectivity index (χ1v) is 12.9. The average Bonchev–Trinajstić information content (AvgIpc) is 2.88. The molecule has 7 nitrogen and oxygen atoms in total. The summed E-state index contributed by atoms with van der Waals surface area (Å²) in [6.07, 6.45) is -2.87. The van der Waals surface area contributed by atoms with Gasteiger partial charge in [-0.25, -0.2) is 0 Å². The average molecular weight is 532 g/mol. The van der Waals surface area contributed by atoms with Gasteiger partial charge in [0.15, 0.2) is 5.84 Å². The van der Waals surface area contributed by atoms with Gasteiger partial charge in [0.25, 0.3) is 15.9 Å². The van der Waals surface area contributed by atoms with Crippen molar-refractivity contribution in [3.05, 3.63) is 83.4 Å². The van der Waals surface area contributed by atoms with Gasteiger partial charge in [0.2, 0.25) is 0 Å². The lowest BCUT2D eigenvalue weighted by atomic mass is 10.1. The van der Waals surface area contributed by atoms with Gasteiger partial charge in [0.05, 0.1) is 18.4 Å². The van der Waals surface area contributed by atoms with Gasteiger partial charge in [-0.05, 0) is 73.2 Å². The van der Waals surface area contributed by atoms with Crippen LogP contribution in [0.5, 0.6) is 5.75 Å². The summed E-state index contributed by atoms with van der Waals surface area (Å²) in [7, 11) is -2.58. The molecule has 4 rings (SSSR count). The maximum Gasteiger partial charge on any atom is 0.416 e. The maximum absolute atomic E-state index is 13.2. The van der Waals surface area contributed by atoms with E-state index in [0.29, 0.717) is 23.5 Å². The molecule has 0 fully saturated rings. The predicted molar refractivity (Wildman–Crippen MR) is 135 cm³/mol. The number of amidine groups is 1. The fraction of sp³-hybridized carbons (Fsp3) is 0.231. The summed E-state index contributed by atoms with van der Waals surface area (Å²) in [4.78, 5) is 14.4. The highest BCUT2D eigenvalue weighted by molar-refractivity contribution is 7.90. The topological polar surface area (TPSA) is 88.1 Å². The first-order chi connectivity index (χ1) is 17.5. The van der Waals surface area contributed by atoms with E-state index in [9.17, 15) is 26.4 Å². The van der Waals surface area contributed by atoms with Crippen molar-refractivity contribution in [2.24, 2.45) is 4.40 Å². The molecule has 0 unspecified atom stereocenters. The van der Waals surface area contributed by atoms with Gasteiger partial charge in [-0.1, -0.05) is 13.3 Å². The molecule has 37 heavy (non-hydrogen) atoms. The van der Waals surface area contributed by atoms with Gasteiger partial charge < -0.3 is 15.0 Å². The Bertz CT molecular complexity index is 1440. The Morgan fingerprint density at radius 3 is 2.30 bits per heavy atom. The lowest BCUT2D eigenvalue weighted by Crippen LogP contribution is -2.37. The number of fused-ring (bicyclic) bond motifs is 1. The molecule has 0 spiro atoms. The van der Waals surface area contributed by atoms with Crippen LogP contribution < -0.4 is 15.0 Å². The van der Waals surface area contributed by atoms with Crippen molar-refractivity contribution in [3.8, 4) is 5.75 Å². The molecular weight excluding hydrogens is 507 g/mol. The van der Waals surface area contributed by atoms with Crippen molar-refractivity contribution in [2.75, 3.05) is 23.9 Å². The van der Waals surface area contributed by atoms with Crippen LogP contribution in [0.2, 0.25) is 0 Å². The molecule has 0 aliphatic carbocycles. The van der Waals surface area contributed by atoms with Crippen molar-refractivity contribution in [1.29, 1.82) is 0 Å². The van der Waals surface area contributed by atoms with Crippen LogP contribution in [0.25, 0.3) is 0 Å². The van der Waals surface area contributed by atoms with Gasteiger partial charge in [-0.3, -0.25) is 4.79 Å². The second-order valence-electron chi connectivity index (χ2n) is 8.34. The summed E-state index contributed by atoms with van der Waals surface area (Å²) in [5.41, 5.74) is 0.318. The Morgan fingerprint density at radius 2 is 1.70 bits per heavy atom. The standard InChI is InChI=1S/C26H24F3N3O4S/c1-3-4-15-32-22-14-11-20(30-25(33)18-5-9-19(10-6-18)26(27,28)29)16-23(22)37(34,35)31-24(32)17-7-12-21(36-2)13-8-17/h5-14,16H,3-4,15H2,1-2H3,(H,30,33). The van der Waals surface area contributed by atoms with E-state index in [1.807, 2.05) is 11.8 Å². The van der Waals surface area contributed by atoms with Crippen LogP contribution >= 0.6 is 0 Å². The van der Waals surface area contributed by atoms with Crippen LogP contribution in [0.3, 0.4) is 0 Å². The fourth-order valence-corrected chi connectivity index (χ4v) is 5.10. The molecule has 0 aromatic heterocycles. The van der Waals surface area contributed by atoms with Gasteiger partial charge in [-0.15, -0.1) is 4.40 Å². The highest BCUT2D eigenvalue weighted by Crippen LogP contribution is 2.36. The van der Waals surface area contributed by atoms with E-state index in [4.69, 9.17) is 4.74 Å². The molecule has 0 bridgehead atoms. The number of anilines is 2. The van der Waals surface area contributed by atoms with Gasteiger partial charge in [0, 0.05) is 23.4 Å². The summed E-state index contributed by atoms with van der Waals surface area (Å²) >= 11 is 0. The minimum atomic E-state index is -4.52. The number of hydrogen-bond acceptors (Lipinski definition) is 5. The molecule has 0 saturated carbocycles. The molecule has 1 aliphatic rings. The molecule has 1 aliphatic heterocycles. The molecule has 3 aromatic rings. The summed E-state index contributed by atoms with van der Waals surface area (Å²) in [5, 5.41) is 2.55. The third kappa shape index (κ3) is 5.61. The van der Waals surface area contributed by atoms with Crippen LogP contribution in [0, 0.1) is 0 Å². The molecular formula is C26H24F3N3O4S. The fourth-order valence-electron chi connectivity index (χ4n) is 3.85. The number of ether oxygens (including phenoxy) is 1. The highest BCUT2D eigenvalue weighted by atomic mass is 32.2. The minimum Gasteiger partial charge on any atom is -0.497 e. The number of carbonyl (C=O) groups is 1. The van der Waals surface area contributed by atoms with Crippen molar-refractivity contribution in [2.45, 2.75) is 30.8 Å². The Labute approximate surface area is 212 Å². The zero-order valence-corrected chi connectivity index (χ0v) is 20.9. The summed E-state index contributed by atoms with van der Waals surface area (Å²) in [5.74, 6) is 0.231. The Kier molecular flexibility index (Phi) is 7.26. The Hall–Kier alpha value is -3.86. The third-order valence-electron chi connectivity index (χ3n) is 5.81. The van der Waals surface area contributed by atoms with E-state index in [-0.39, 0.29) is 22.0 Å². The zero-order chi connectivity index (χ0) is 26.8. The number of sulfonamides is 1. The first-order valence-electron chi connectivity index (χ1n) is 11.4. The van der Waals surface area contributed by atoms with Crippen molar-refractivity contribution in [1.82, 2.24) is 0 Å². The predicted octanol–water partition coefficient (Wildman–Crippen LogP) is 5.72. The van der Waals surface area contributed by atoms with Crippen LogP contribution in [0.4, 0.5) is 24.5 Å². The number of carbonyl (C=O) groups excluding carboxylic acids is 1. The second-order valence-corrected chi connectivity index (χ2v) is 9.91. The van der Waals surface area contributed by atoms with Crippen LogP contribution in [0.15, 0.2) is 76.0 Å². The number of amides is 1. The Balaban J connectivity index is 1.66. The maximum atomic E-state index is 13.2. The van der Waals surface area contributed by atoms with Crippen molar-refractivity contribution in [3.63, 3.8) is 0 Å². The number of rotatable bonds is 7. The number of benzene rings is 3. The number of nitrogens with one attached hydrogen (secondary N) is 1. The monoisotopic (exact) mass is 531 g/mol.